The zero-order valence-corrected chi connectivity index (χ0v) is 12.6. The van der Waals surface area contributed by atoms with Crippen LogP contribution in [0.5, 0.6) is 5.75 Å². The van der Waals surface area contributed by atoms with Gasteiger partial charge in [-0.3, -0.25) is 0 Å². The standard InChI is InChI=1S/C14H20ClNO2.ClH/c1-11-8-12(15)4-5-14(11)18-10-13(17)9-16-6-2-3-7-16;/h4-5,8,13,17H,2-3,6-7,9-10H2,1H3;1H/p-1. The van der Waals surface area contributed by atoms with Gasteiger partial charge in [-0.2, -0.15) is 0 Å². The molecule has 3 nitrogen and oxygen atoms in total. The lowest BCUT2D eigenvalue weighted by Gasteiger charge is -2.20. The van der Waals surface area contributed by atoms with Gasteiger partial charge in [0.15, 0.2) is 0 Å². The maximum atomic E-state index is 9.92. The number of benzene rings is 1. The molecule has 1 aromatic carbocycles. The summed E-state index contributed by atoms with van der Waals surface area (Å²) in [5.74, 6) is 0.792. The summed E-state index contributed by atoms with van der Waals surface area (Å²) >= 11 is 5.88. The summed E-state index contributed by atoms with van der Waals surface area (Å²) in [5, 5.41) is 10.6. The van der Waals surface area contributed by atoms with E-state index in [4.69, 9.17) is 16.3 Å². The van der Waals surface area contributed by atoms with E-state index < -0.39 is 6.10 Å². The molecule has 0 aliphatic carbocycles. The van der Waals surface area contributed by atoms with Crippen molar-refractivity contribution < 1.29 is 22.3 Å². The molecule has 1 heterocycles. The van der Waals surface area contributed by atoms with Gasteiger partial charge in [-0.15, -0.1) is 0 Å². The van der Waals surface area contributed by atoms with Crippen LogP contribution in [0.15, 0.2) is 18.2 Å². The summed E-state index contributed by atoms with van der Waals surface area (Å²) in [6.45, 7) is 5.17. The van der Waals surface area contributed by atoms with Gasteiger partial charge in [0.1, 0.15) is 18.5 Å². The molecule has 0 aromatic heterocycles. The summed E-state index contributed by atoms with van der Waals surface area (Å²) in [4.78, 5) is 2.28. The van der Waals surface area contributed by atoms with E-state index >= 15 is 0 Å². The molecule has 19 heavy (non-hydrogen) atoms. The number of hydrogen-bond donors (Lipinski definition) is 1. The molecule has 1 atom stereocenters. The highest BCUT2D eigenvalue weighted by atomic mass is 35.5. The second-order valence-corrected chi connectivity index (χ2v) is 5.32. The van der Waals surface area contributed by atoms with Crippen LogP contribution in [0, 0.1) is 6.92 Å². The minimum absolute atomic E-state index is 0. The van der Waals surface area contributed by atoms with Gasteiger partial charge in [0.05, 0.1) is 0 Å². The third kappa shape index (κ3) is 5.19. The Kier molecular flexibility index (Phi) is 6.94. The zero-order chi connectivity index (χ0) is 13.0. The topological polar surface area (TPSA) is 32.7 Å². The highest BCUT2D eigenvalue weighted by Crippen LogP contribution is 2.22. The van der Waals surface area contributed by atoms with Gasteiger partial charge in [0, 0.05) is 11.6 Å². The fraction of sp³-hybridized carbons (Fsp3) is 0.571. The van der Waals surface area contributed by atoms with Crippen molar-refractivity contribution in [2.45, 2.75) is 25.9 Å². The van der Waals surface area contributed by atoms with E-state index in [2.05, 4.69) is 4.90 Å². The van der Waals surface area contributed by atoms with Crippen LogP contribution in [-0.4, -0.2) is 42.4 Å². The molecule has 0 radical (unpaired) electrons. The molecule has 0 saturated carbocycles. The smallest absolute Gasteiger partial charge is 0.122 e. The average molecular weight is 305 g/mol. The van der Waals surface area contributed by atoms with Crippen LogP contribution >= 0.6 is 11.6 Å². The van der Waals surface area contributed by atoms with Crippen LogP contribution in [0.25, 0.3) is 0 Å². The maximum absolute atomic E-state index is 9.92. The van der Waals surface area contributed by atoms with Gasteiger partial charge in [-0.25, -0.2) is 0 Å². The molecule has 5 heteroatoms. The first-order chi connectivity index (χ1) is 8.65. The molecule has 1 aliphatic heterocycles. The van der Waals surface area contributed by atoms with E-state index in [1.807, 2.05) is 19.1 Å². The molecule has 0 bridgehead atoms. The van der Waals surface area contributed by atoms with Gasteiger partial charge in [-0.05, 0) is 56.6 Å². The van der Waals surface area contributed by atoms with Crippen molar-refractivity contribution in [1.82, 2.24) is 4.90 Å². The number of aliphatic hydroxyl groups is 1. The van der Waals surface area contributed by atoms with Gasteiger partial charge in [0.25, 0.3) is 0 Å². The fourth-order valence-electron chi connectivity index (χ4n) is 2.28. The molecule has 1 unspecified atom stereocenters. The number of hydrogen-bond acceptors (Lipinski definition) is 3. The molecule has 0 amide bonds. The summed E-state index contributed by atoms with van der Waals surface area (Å²) in [5.41, 5.74) is 0.996. The average Bonchev–Trinajstić information content (AvgIpc) is 2.80. The highest BCUT2D eigenvalue weighted by Gasteiger charge is 2.16. The van der Waals surface area contributed by atoms with E-state index in [1.54, 1.807) is 6.07 Å². The van der Waals surface area contributed by atoms with Crippen molar-refractivity contribution in [2.24, 2.45) is 0 Å². The van der Waals surface area contributed by atoms with Crippen LogP contribution < -0.4 is 17.1 Å². The van der Waals surface area contributed by atoms with E-state index in [0.717, 1.165) is 24.4 Å². The number of halogens is 2. The largest absolute Gasteiger partial charge is 1.00 e. The molecule has 0 spiro atoms. The molecular formula is C14H20Cl2NO2-. The zero-order valence-electron chi connectivity index (χ0n) is 11.1. The van der Waals surface area contributed by atoms with Gasteiger partial charge >= 0.3 is 0 Å². The van der Waals surface area contributed by atoms with E-state index in [0.29, 0.717) is 18.2 Å². The lowest BCUT2D eigenvalue weighted by molar-refractivity contribution is -0.00000593. The number of β-amino-alcohol motifs (C(OH)–C–C–N with tert-alkyl or cyclic N) is 1. The fourth-order valence-corrected chi connectivity index (χ4v) is 2.50. The Morgan fingerprint density at radius 2 is 2.05 bits per heavy atom. The van der Waals surface area contributed by atoms with Crippen LogP contribution in [-0.2, 0) is 0 Å². The number of likely N-dealkylation sites (tertiary alicyclic amines) is 1. The van der Waals surface area contributed by atoms with Crippen molar-refractivity contribution in [3.63, 3.8) is 0 Å². The molecular weight excluding hydrogens is 285 g/mol. The quantitative estimate of drug-likeness (QED) is 0.795. The first-order valence-electron chi connectivity index (χ1n) is 6.44. The minimum atomic E-state index is -0.432. The highest BCUT2D eigenvalue weighted by molar-refractivity contribution is 6.30. The van der Waals surface area contributed by atoms with Crippen LogP contribution in [0.4, 0.5) is 0 Å². The van der Waals surface area contributed by atoms with Crippen LogP contribution in [0.2, 0.25) is 5.02 Å². The predicted octanol–water partition coefficient (Wildman–Crippen LogP) is -0.512. The van der Waals surface area contributed by atoms with Gasteiger partial charge in [-0.1, -0.05) is 11.6 Å². The van der Waals surface area contributed by atoms with Crippen LogP contribution in [0.3, 0.4) is 0 Å². The Hall–Kier alpha value is -0.480. The van der Waals surface area contributed by atoms with E-state index in [-0.39, 0.29) is 12.4 Å². The first-order valence-corrected chi connectivity index (χ1v) is 6.82. The van der Waals surface area contributed by atoms with Crippen molar-refractivity contribution in [3.8, 4) is 5.75 Å². The third-order valence-corrected chi connectivity index (χ3v) is 3.47. The Labute approximate surface area is 125 Å². The second kappa shape index (κ2) is 7.95. The van der Waals surface area contributed by atoms with Crippen molar-refractivity contribution in [2.75, 3.05) is 26.2 Å². The third-order valence-electron chi connectivity index (χ3n) is 3.24. The number of ether oxygens (including phenoxy) is 1. The summed E-state index contributed by atoms with van der Waals surface area (Å²) < 4.78 is 5.63. The van der Waals surface area contributed by atoms with Crippen LogP contribution in [0.1, 0.15) is 18.4 Å². The molecule has 108 valence electrons. The Morgan fingerprint density at radius 3 is 2.68 bits per heavy atom. The number of aryl methyl sites for hydroxylation is 1. The molecule has 1 N–H and O–H groups in total. The number of rotatable bonds is 5. The maximum Gasteiger partial charge on any atom is 0.122 e. The summed E-state index contributed by atoms with van der Waals surface area (Å²) in [7, 11) is 0. The van der Waals surface area contributed by atoms with Crippen molar-refractivity contribution >= 4 is 11.6 Å². The molecule has 1 aliphatic rings. The second-order valence-electron chi connectivity index (χ2n) is 4.88. The Balaban J connectivity index is 0.00000180. The lowest BCUT2D eigenvalue weighted by Crippen LogP contribution is -3.00. The minimum Gasteiger partial charge on any atom is -1.00 e. The molecule has 1 saturated heterocycles. The molecule has 2 rings (SSSR count). The number of aliphatic hydroxyl groups excluding tert-OH is 1. The SMILES string of the molecule is Cc1cc(Cl)ccc1OCC(O)CN1CCCC1.[Cl-]. The van der Waals surface area contributed by atoms with Gasteiger partial charge in [0.2, 0.25) is 0 Å². The van der Waals surface area contributed by atoms with Gasteiger partial charge < -0.3 is 27.2 Å². The Morgan fingerprint density at radius 1 is 1.37 bits per heavy atom. The summed E-state index contributed by atoms with van der Waals surface area (Å²) in [6, 6.07) is 5.51. The Bertz CT molecular complexity index is 395. The monoisotopic (exact) mass is 304 g/mol. The van der Waals surface area contributed by atoms with Crippen molar-refractivity contribution in [3.05, 3.63) is 28.8 Å². The molecule has 1 aromatic rings. The van der Waals surface area contributed by atoms with Crippen molar-refractivity contribution in [1.29, 1.82) is 0 Å². The van der Waals surface area contributed by atoms with E-state index in [9.17, 15) is 5.11 Å². The lowest BCUT2D eigenvalue weighted by atomic mass is 10.2. The molecule has 1 fully saturated rings. The normalized spacial score (nSPS) is 17.0. The van der Waals surface area contributed by atoms with E-state index in [1.165, 1.54) is 12.8 Å². The summed E-state index contributed by atoms with van der Waals surface area (Å²) in [6.07, 6.45) is 2.05. The predicted molar refractivity (Wildman–Crippen MR) is 73.4 cm³/mol. The first kappa shape index (κ1) is 16.6. The number of nitrogens with zero attached hydrogens (tertiary/aromatic N) is 1.